The molecule has 2 atom stereocenters. The van der Waals surface area contributed by atoms with Crippen molar-refractivity contribution in [3.8, 4) is 0 Å². The zero-order valence-corrected chi connectivity index (χ0v) is 17.4. The van der Waals surface area contributed by atoms with E-state index in [-0.39, 0.29) is 11.7 Å². The summed E-state index contributed by atoms with van der Waals surface area (Å²) in [6.07, 6.45) is 5.83. The number of hydrogen-bond acceptors (Lipinski definition) is 5. The molecule has 2 fully saturated rings. The van der Waals surface area contributed by atoms with Crippen LogP contribution in [-0.2, 0) is 19.0 Å². The summed E-state index contributed by atoms with van der Waals surface area (Å²) in [5, 5.41) is 9.71. The monoisotopic (exact) mass is 393 g/mol. The molecule has 2 saturated heterocycles. The highest BCUT2D eigenvalue weighted by atomic mass is 16.6. The second kappa shape index (κ2) is 7.10. The first-order valence-corrected chi connectivity index (χ1v) is 9.85. The van der Waals surface area contributed by atoms with Crippen LogP contribution in [0.15, 0.2) is 23.5 Å². The van der Waals surface area contributed by atoms with Gasteiger partial charge in [0, 0.05) is 33.0 Å². The number of carbonyl (C=O) groups excluding carboxylic acids is 1. The molecule has 0 saturated carbocycles. The standard InChI is InChI=1S/C21H31NO6/c1-19(2,3)28-18(25)22-10-8-21(9-11-22)7-6-14-12-16(26-5)20(4,17(23)24)13-15(14)27-21/h12-13,16H,6-11H2,1-5H3,(H,23,24). The smallest absolute Gasteiger partial charge is 0.410 e. The van der Waals surface area contributed by atoms with Crippen LogP contribution >= 0.6 is 0 Å². The van der Waals surface area contributed by atoms with Crippen LogP contribution in [0.25, 0.3) is 0 Å². The number of likely N-dealkylation sites (tertiary alicyclic amines) is 1. The van der Waals surface area contributed by atoms with Crippen molar-refractivity contribution in [1.82, 2.24) is 4.90 Å². The SMILES string of the molecule is COC1C=C2CCC3(CCN(C(=O)OC(C)(C)C)CC3)OC2=CC1(C)C(=O)O. The van der Waals surface area contributed by atoms with Gasteiger partial charge in [0.2, 0.25) is 0 Å². The van der Waals surface area contributed by atoms with E-state index in [1.54, 1.807) is 17.9 Å². The summed E-state index contributed by atoms with van der Waals surface area (Å²) in [6.45, 7) is 8.36. The van der Waals surface area contributed by atoms with Crippen LogP contribution in [0.1, 0.15) is 53.4 Å². The van der Waals surface area contributed by atoms with Crippen LogP contribution in [0, 0.1) is 5.41 Å². The first-order chi connectivity index (χ1) is 13.0. The van der Waals surface area contributed by atoms with E-state index >= 15 is 0 Å². The third kappa shape index (κ3) is 3.90. The van der Waals surface area contributed by atoms with E-state index in [0.29, 0.717) is 31.7 Å². The molecule has 1 amide bonds. The molecular formula is C21H31NO6. The van der Waals surface area contributed by atoms with E-state index in [9.17, 15) is 14.7 Å². The Morgan fingerprint density at radius 1 is 1.25 bits per heavy atom. The molecular weight excluding hydrogens is 362 g/mol. The third-order valence-electron chi connectivity index (χ3n) is 5.91. The van der Waals surface area contributed by atoms with Crippen molar-refractivity contribution < 1.29 is 28.9 Å². The van der Waals surface area contributed by atoms with E-state index in [0.717, 1.165) is 18.4 Å². The lowest BCUT2D eigenvalue weighted by Crippen LogP contribution is -2.51. The molecule has 1 N–H and O–H groups in total. The summed E-state index contributed by atoms with van der Waals surface area (Å²) >= 11 is 0. The summed E-state index contributed by atoms with van der Waals surface area (Å²) in [5.41, 5.74) is -1.03. The molecule has 7 nitrogen and oxygen atoms in total. The summed E-state index contributed by atoms with van der Waals surface area (Å²) < 4.78 is 17.3. The quantitative estimate of drug-likeness (QED) is 0.773. The number of hydrogen-bond donors (Lipinski definition) is 1. The number of carbonyl (C=O) groups is 2. The van der Waals surface area contributed by atoms with Gasteiger partial charge in [0.05, 0.1) is 6.10 Å². The topological polar surface area (TPSA) is 85.3 Å². The molecule has 0 radical (unpaired) electrons. The third-order valence-corrected chi connectivity index (χ3v) is 5.91. The molecule has 156 valence electrons. The predicted molar refractivity (Wildman–Crippen MR) is 103 cm³/mol. The van der Waals surface area contributed by atoms with Crippen LogP contribution in [0.5, 0.6) is 0 Å². The number of aliphatic carboxylic acids is 1. The van der Waals surface area contributed by atoms with Crippen molar-refractivity contribution >= 4 is 12.1 Å². The number of fused-ring (bicyclic) bond motifs is 1. The van der Waals surface area contributed by atoms with Gasteiger partial charge in [0.25, 0.3) is 0 Å². The lowest BCUT2D eigenvalue weighted by molar-refractivity contribution is -0.151. The number of ether oxygens (including phenoxy) is 3. The van der Waals surface area contributed by atoms with Crippen LogP contribution in [0.3, 0.4) is 0 Å². The highest BCUT2D eigenvalue weighted by Crippen LogP contribution is 2.46. The Morgan fingerprint density at radius 3 is 2.43 bits per heavy atom. The average Bonchev–Trinajstić information content (AvgIpc) is 2.60. The molecule has 2 unspecified atom stereocenters. The van der Waals surface area contributed by atoms with Gasteiger partial charge in [0.1, 0.15) is 22.4 Å². The van der Waals surface area contributed by atoms with Gasteiger partial charge in [0.15, 0.2) is 0 Å². The Kier molecular flexibility index (Phi) is 5.25. The zero-order valence-electron chi connectivity index (χ0n) is 17.4. The average molecular weight is 393 g/mol. The van der Waals surface area contributed by atoms with Gasteiger partial charge in [-0.1, -0.05) is 0 Å². The number of carboxylic acids is 1. The van der Waals surface area contributed by atoms with Gasteiger partial charge < -0.3 is 24.2 Å². The van der Waals surface area contributed by atoms with Gasteiger partial charge in [-0.05, 0) is 58.3 Å². The summed E-state index contributed by atoms with van der Waals surface area (Å²) in [6, 6.07) is 0. The van der Waals surface area contributed by atoms with Gasteiger partial charge in [-0.2, -0.15) is 0 Å². The van der Waals surface area contributed by atoms with Crippen LogP contribution in [-0.4, -0.2) is 59.6 Å². The van der Waals surface area contributed by atoms with Gasteiger partial charge >= 0.3 is 12.1 Å². The van der Waals surface area contributed by atoms with E-state index in [2.05, 4.69) is 0 Å². The number of methoxy groups -OCH3 is 1. The van der Waals surface area contributed by atoms with Crippen LogP contribution < -0.4 is 0 Å². The first kappa shape index (κ1) is 20.7. The van der Waals surface area contributed by atoms with Crippen molar-refractivity contribution in [2.75, 3.05) is 20.2 Å². The summed E-state index contributed by atoms with van der Waals surface area (Å²) in [7, 11) is 1.53. The van der Waals surface area contributed by atoms with Crippen LogP contribution in [0.2, 0.25) is 0 Å². The molecule has 3 aliphatic rings. The maximum absolute atomic E-state index is 12.3. The van der Waals surface area contributed by atoms with Gasteiger partial charge in [-0.3, -0.25) is 4.79 Å². The first-order valence-electron chi connectivity index (χ1n) is 9.85. The van der Waals surface area contributed by atoms with Gasteiger partial charge in [-0.25, -0.2) is 4.79 Å². The molecule has 0 aromatic carbocycles. The Bertz CT molecular complexity index is 711. The lowest BCUT2D eigenvalue weighted by Gasteiger charge is -2.47. The fraction of sp³-hybridized carbons (Fsp3) is 0.714. The van der Waals surface area contributed by atoms with Crippen molar-refractivity contribution in [3.05, 3.63) is 23.5 Å². The molecule has 28 heavy (non-hydrogen) atoms. The minimum Gasteiger partial charge on any atom is -0.487 e. The van der Waals surface area contributed by atoms with E-state index in [1.807, 2.05) is 26.8 Å². The molecule has 0 aromatic heterocycles. The van der Waals surface area contributed by atoms with E-state index in [4.69, 9.17) is 14.2 Å². The lowest BCUT2D eigenvalue weighted by atomic mass is 9.75. The fourth-order valence-electron chi connectivity index (χ4n) is 4.11. The Balaban J connectivity index is 1.71. The second-order valence-corrected chi connectivity index (χ2v) is 9.20. The predicted octanol–water partition coefficient (Wildman–Crippen LogP) is 3.50. The van der Waals surface area contributed by atoms with Crippen molar-refractivity contribution in [2.45, 2.75) is 70.7 Å². The number of allylic oxidation sites excluding steroid dienone is 1. The van der Waals surface area contributed by atoms with E-state index in [1.165, 1.54) is 7.11 Å². The fourth-order valence-corrected chi connectivity index (χ4v) is 4.11. The van der Waals surface area contributed by atoms with Gasteiger partial charge in [-0.15, -0.1) is 0 Å². The second-order valence-electron chi connectivity index (χ2n) is 9.20. The minimum absolute atomic E-state index is 0.294. The van der Waals surface area contributed by atoms with Crippen molar-refractivity contribution in [1.29, 1.82) is 0 Å². The number of rotatable bonds is 2. The Labute approximate surface area is 166 Å². The number of amides is 1. The Hall–Kier alpha value is -2.02. The summed E-state index contributed by atoms with van der Waals surface area (Å²) in [5.74, 6) is -0.291. The Morgan fingerprint density at radius 2 is 1.89 bits per heavy atom. The molecule has 3 rings (SSSR count). The number of nitrogens with zero attached hydrogens (tertiary/aromatic N) is 1. The molecule has 0 aromatic rings. The highest BCUT2D eigenvalue weighted by Gasteiger charge is 2.48. The number of piperidine rings is 1. The zero-order chi connectivity index (χ0) is 20.7. The van der Waals surface area contributed by atoms with Crippen LogP contribution in [0.4, 0.5) is 4.79 Å². The maximum Gasteiger partial charge on any atom is 0.410 e. The normalized spacial score (nSPS) is 29.3. The largest absolute Gasteiger partial charge is 0.487 e. The highest BCUT2D eigenvalue weighted by molar-refractivity contribution is 5.79. The summed E-state index contributed by atoms with van der Waals surface area (Å²) in [4.78, 5) is 25.9. The van der Waals surface area contributed by atoms with Crippen molar-refractivity contribution in [3.63, 3.8) is 0 Å². The molecule has 2 heterocycles. The molecule has 7 heteroatoms. The minimum atomic E-state index is -1.16. The van der Waals surface area contributed by atoms with Crippen molar-refractivity contribution in [2.24, 2.45) is 5.41 Å². The molecule has 1 spiro atoms. The molecule has 0 bridgehead atoms. The maximum atomic E-state index is 12.3. The number of carboxylic acid groups (broad SMARTS) is 1. The van der Waals surface area contributed by atoms with E-state index < -0.39 is 23.1 Å². The molecule has 2 aliphatic heterocycles. The molecule has 1 aliphatic carbocycles.